The van der Waals surface area contributed by atoms with Crippen LogP contribution in [-0.4, -0.2) is 48.3 Å². The molecule has 1 fully saturated rings. The molecule has 1 aliphatic carbocycles. The summed E-state index contributed by atoms with van der Waals surface area (Å²) in [6.45, 7) is 5.13. The van der Waals surface area contributed by atoms with E-state index >= 15 is 0 Å². The molecule has 21 heavy (non-hydrogen) atoms. The van der Waals surface area contributed by atoms with Crippen molar-refractivity contribution in [3.05, 3.63) is 24.3 Å². The summed E-state index contributed by atoms with van der Waals surface area (Å²) in [4.78, 5) is 13.2. The highest BCUT2D eigenvalue weighted by Crippen LogP contribution is 2.39. The van der Waals surface area contributed by atoms with Gasteiger partial charge in [0.25, 0.3) is 0 Å². The van der Waals surface area contributed by atoms with Crippen LogP contribution in [0.25, 0.3) is 0 Å². The number of carboxylic acids is 1. The van der Waals surface area contributed by atoms with Crippen LogP contribution in [0.3, 0.4) is 0 Å². The van der Waals surface area contributed by atoms with Gasteiger partial charge in [-0.05, 0) is 31.0 Å². The van der Waals surface area contributed by atoms with Gasteiger partial charge >= 0.3 is 5.97 Å². The fraction of sp³-hybridized carbons (Fsp3) is 0.562. The number of aliphatic carboxylic acids is 1. The van der Waals surface area contributed by atoms with E-state index in [1.54, 1.807) is 0 Å². The zero-order valence-electron chi connectivity index (χ0n) is 12.2. The average Bonchev–Trinajstić information content (AvgIpc) is 3.26. The summed E-state index contributed by atoms with van der Waals surface area (Å²) in [6, 6.07) is 7.69. The first kappa shape index (κ1) is 14.2. The predicted octanol–water partition coefficient (Wildman–Crippen LogP) is 1.87. The van der Waals surface area contributed by atoms with Gasteiger partial charge in [0.05, 0.1) is 5.92 Å². The SMILES string of the molecule is CCN(CC1COc2ccccc2O1)C[C@@H]1C[C@H]1C(=O)O. The van der Waals surface area contributed by atoms with E-state index in [1.165, 1.54) is 0 Å². The molecule has 0 bridgehead atoms. The monoisotopic (exact) mass is 291 g/mol. The molecule has 3 atom stereocenters. The van der Waals surface area contributed by atoms with E-state index < -0.39 is 5.97 Å². The lowest BCUT2D eigenvalue weighted by atomic mass is 10.2. The summed E-state index contributed by atoms with van der Waals surface area (Å²) < 4.78 is 11.7. The lowest BCUT2D eigenvalue weighted by molar-refractivity contribution is -0.138. The average molecular weight is 291 g/mol. The van der Waals surface area contributed by atoms with Gasteiger partial charge in [-0.2, -0.15) is 0 Å². The topological polar surface area (TPSA) is 59.0 Å². The van der Waals surface area contributed by atoms with Crippen LogP contribution in [0, 0.1) is 11.8 Å². The van der Waals surface area contributed by atoms with E-state index in [0.29, 0.717) is 12.5 Å². The minimum Gasteiger partial charge on any atom is -0.486 e. The third kappa shape index (κ3) is 3.29. The Bertz CT molecular complexity index is 519. The van der Waals surface area contributed by atoms with Crippen molar-refractivity contribution in [1.29, 1.82) is 0 Å². The molecule has 1 aromatic rings. The molecule has 0 radical (unpaired) electrons. The molecule has 3 rings (SSSR count). The van der Waals surface area contributed by atoms with Gasteiger partial charge < -0.3 is 14.6 Å². The molecule has 0 saturated heterocycles. The maximum atomic E-state index is 10.9. The second-order valence-electron chi connectivity index (χ2n) is 5.79. The zero-order chi connectivity index (χ0) is 14.8. The normalized spacial score (nSPS) is 26.7. The smallest absolute Gasteiger partial charge is 0.306 e. The van der Waals surface area contributed by atoms with Crippen molar-refractivity contribution in [3.63, 3.8) is 0 Å². The van der Waals surface area contributed by atoms with Crippen LogP contribution in [0.4, 0.5) is 0 Å². The minimum atomic E-state index is -0.665. The number of nitrogens with zero attached hydrogens (tertiary/aromatic N) is 1. The Morgan fingerprint density at radius 3 is 2.76 bits per heavy atom. The quantitative estimate of drug-likeness (QED) is 0.867. The molecule has 2 aliphatic rings. The third-order valence-electron chi connectivity index (χ3n) is 4.21. The Balaban J connectivity index is 1.53. The maximum absolute atomic E-state index is 10.9. The van der Waals surface area contributed by atoms with Crippen molar-refractivity contribution in [2.45, 2.75) is 19.4 Å². The van der Waals surface area contributed by atoms with Crippen molar-refractivity contribution < 1.29 is 19.4 Å². The molecule has 1 aliphatic heterocycles. The summed E-state index contributed by atoms with van der Waals surface area (Å²) in [6.07, 6.45) is 0.804. The molecule has 1 heterocycles. The van der Waals surface area contributed by atoms with Gasteiger partial charge in [-0.25, -0.2) is 0 Å². The van der Waals surface area contributed by atoms with E-state index in [9.17, 15) is 4.79 Å². The van der Waals surface area contributed by atoms with Crippen LogP contribution in [-0.2, 0) is 4.79 Å². The summed E-state index contributed by atoms with van der Waals surface area (Å²) in [5.74, 6) is 1.06. The molecule has 1 N–H and O–H groups in total. The van der Waals surface area contributed by atoms with E-state index in [0.717, 1.165) is 37.6 Å². The van der Waals surface area contributed by atoms with Gasteiger partial charge in [-0.1, -0.05) is 19.1 Å². The van der Waals surface area contributed by atoms with Gasteiger partial charge in [0, 0.05) is 13.1 Å². The Morgan fingerprint density at radius 1 is 1.33 bits per heavy atom. The van der Waals surface area contributed by atoms with Crippen LogP contribution in [0.15, 0.2) is 24.3 Å². The predicted molar refractivity (Wildman–Crippen MR) is 77.7 cm³/mol. The Morgan fingerprint density at radius 2 is 2.10 bits per heavy atom. The summed E-state index contributed by atoms with van der Waals surface area (Å²) in [5.41, 5.74) is 0. The number of carboxylic acid groups (broad SMARTS) is 1. The second kappa shape index (κ2) is 5.93. The maximum Gasteiger partial charge on any atom is 0.306 e. The molecular formula is C16H21NO4. The standard InChI is InChI=1S/C16H21NO4/c1-2-17(8-11-7-13(11)16(18)19)9-12-10-20-14-5-3-4-6-15(14)21-12/h3-6,11-13H,2,7-10H2,1H3,(H,18,19)/t11-,12?,13+/m0/s1. The van der Waals surface area contributed by atoms with Crippen LogP contribution in [0.1, 0.15) is 13.3 Å². The first-order valence-corrected chi connectivity index (χ1v) is 7.51. The lowest BCUT2D eigenvalue weighted by Gasteiger charge is -2.30. The van der Waals surface area contributed by atoms with E-state index in [-0.39, 0.29) is 12.0 Å². The number of hydrogen-bond donors (Lipinski definition) is 1. The number of likely N-dealkylation sites (N-methyl/N-ethyl adjacent to an activating group) is 1. The highest BCUT2D eigenvalue weighted by atomic mass is 16.6. The second-order valence-corrected chi connectivity index (χ2v) is 5.79. The first-order chi connectivity index (χ1) is 10.2. The van der Waals surface area contributed by atoms with Gasteiger partial charge in [0.2, 0.25) is 0 Å². The molecule has 0 spiro atoms. The molecule has 1 aromatic carbocycles. The summed E-state index contributed by atoms with van der Waals surface area (Å²) in [5, 5.41) is 8.98. The highest BCUT2D eigenvalue weighted by molar-refractivity contribution is 5.73. The molecule has 0 amide bonds. The van der Waals surface area contributed by atoms with Crippen LogP contribution in [0.2, 0.25) is 0 Å². The highest BCUT2D eigenvalue weighted by Gasteiger charge is 2.43. The molecule has 5 nitrogen and oxygen atoms in total. The lowest BCUT2D eigenvalue weighted by Crippen LogP contribution is -2.41. The number of ether oxygens (including phenoxy) is 2. The number of para-hydroxylation sites is 2. The van der Waals surface area contributed by atoms with Crippen LogP contribution < -0.4 is 9.47 Å². The molecular weight excluding hydrogens is 270 g/mol. The van der Waals surface area contributed by atoms with Gasteiger partial charge in [-0.15, -0.1) is 0 Å². The van der Waals surface area contributed by atoms with Gasteiger partial charge in [-0.3, -0.25) is 9.69 Å². The largest absolute Gasteiger partial charge is 0.486 e. The molecule has 1 unspecified atom stereocenters. The molecule has 1 saturated carbocycles. The minimum absolute atomic E-state index is 0.00174. The van der Waals surface area contributed by atoms with E-state index in [2.05, 4.69) is 11.8 Å². The first-order valence-electron chi connectivity index (χ1n) is 7.51. The molecule has 114 valence electrons. The molecule has 0 aromatic heterocycles. The molecule has 5 heteroatoms. The fourth-order valence-corrected chi connectivity index (χ4v) is 2.86. The van der Waals surface area contributed by atoms with Crippen molar-refractivity contribution in [3.8, 4) is 11.5 Å². The number of hydrogen-bond acceptors (Lipinski definition) is 4. The van der Waals surface area contributed by atoms with Crippen molar-refractivity contribution in [2.24, 2.45) is 11.8 Å². The third-order valence-corrected chi connectivity index (χ3v) is 4.21. The zero-order valence-corrected chi connectivity index (χ0v) is 12.2. The van der Waals surface area contributed by atoms with E-state index in [1.807, 2.05) is 24.3 Å². The van der Waals surface area contributed by atoms with Crippen LogP contribution >= 0.6 is 0 Å². The summed E-state index contributed by atoms with van der Waals surface area (Å²) >= 11 is 0. The van der Waals surface area contributed by atoms with Crippen molar-refractivity contribution in [2.75, 3.05) is 26.2 Å². The van der Waals surface area contributed by atoms with Crippen molar-refractivity contribution >= 4 is 5.97 Å². The Kier molecular flexibility index (Phi) is 4.01. The van der Waals surface area contributed by atoms with Crippen molar-refractivity contribution in [1.82, 2.24) is 4.90 Å². The van der Waals surface area contributed by atoms with Gasteiger partial charge in [0.15, 0.2) is 11.5 Å². The number of rotatable bonds is 6. The number of carbonyl (C=O) groups is 1. The van der Waals surface area contributed by atoms with E-state index in [4.69, 9.17) is 14.6 Å². The fourth-order valence-electron chi connectivity index (χ4n) is 2.86. The Labute approximate surface area is 124 Å². The number of benzene rings is 1. The number of fused-ring (bicyclic) bond motifs is 1. The Hall–Kier alpha value is -1.75. The van der Waals surface area contributed by atoms with Crippen LogP contribution in [0.5, 0.6) is 11.5 Å². The van der Waals surface area contributed by atoms with Gasteiger partial charge in [0.1, 0.15) is 12.7 Å². The summed E-state index contributed by atoms with van der Waals surface area (Å²) in [7, 11) is 0.